The van der Waals surface area contributed by atoms with Gasteiger partial charge in [0, 0.05) is 0 Å². The van der Waals surface area contributed by atoms with Crippen molar-refractivity contribution in [1.29, 1.82) is 0 Å². The Morgan fingerprint density at radius 1 is 0.933 bits per heavy atom. The van der Waals surface area contributed by atoms with Gasteiger partial charge < -0.3 is 9.84 Å². The number of fused-ring (bicyclic) bond motifs is 5. The Morgan fingerprint density at radius 3 is 2.43 bits per heavy atom. The minimum absolute atomic E-state index is 0.121. The molecule has 0 radical (unpaired) electrons. The van der Waals surface area contributed by atoms with Crippen molar-refractivity contribution < 1.29 is 9.84 Å². The van der Waals surface area contributed by atoms with Crippen LogP contribution in [0.4, 0.5) is 0 Å². The number of allylic oxidation sites excluding steroid dienone is 3. The summed E-state index contributed by atoms with van der Waals surface area (Å²) in [6, 6.07) is 0. The topological polar surface area (TPSA) is 32.8 Å². The van der Waals surface area contributed by atoms with E-state index in [0.717, 1.165) is 31.1 Å². The fourth-order valence-corrected chi connectivity index (χ4v) is 8.48. The molecule has 1 heterocycles. The first-order valence-electron chi connectivity index (χ1n) is 12.9. The molecule has 1 saturated heterocycles. The SMILES string of the molecule is CC(C)C(C)[C@@H]1O[C@H]1C(C)[C@H]1CC[C@H]2C3=CC=C4C[C@@H](O)CC[C@]4(C)[C@H]3CC[C@]12C. The molecule has 5 rings (SSSR count). The van der Waals surface area contributed by atoms with Crippen LogP contribution in [0.1, 0.15) is 86.5 Å². The second kappa shape index (κ2) is 7.20. The molecule has 0 aromatic heterocycles. The van der Waals surface area contributed by atoms with Crippen LogP contribution in [0.15, 0.2) is 23.3 Å². The zero-order valence-electron chi connectivity index (χ0n) is 20.2. The number of aliphatic hydroxyl groups is 1. The molecule has 2 nitrogen and oxygen atoms in total. The molecule has 0 aromatic carbocycles. The third-order valence-corrected chi connectivity index (χ3v) is 10.9. The average molecular weight is 413 g/mol. The molecule has 4 aliphatic carbocycles. The van der Waals surface area contributed by atoms with E-state index in [1.165, 1.54) is 31.3 Å². The predicted octanol–water partition coefficient (Wildman–Crippen LogP) is 6.54. The molecular formula is C28H44O2. The van der Waals surface area contributed by atoms with E-state index in [4.69, 9.17) is 4.74 Å². The lowest BCUT2D eigenvalue weighted by Gasteiger charge is -2.55. The van der Waals surface area contributed by atoms with Gasteiger partial charge in [-0.3, -0.25) is 0 Å². The van der Waals surface area contributed by atoms with Gasteiger partial charge in [-0.25, -0.2) is 0 Å². The molecule has 168 valence electrons. The maximum absolute atomic E-state index is 10.2. The molecule has 5 aliphatic rings. The van der Waals surface area contributed by atoms with Crippen molar-refractivity contribution in [2.75, 3.05) is 0 Å². The van der Waals surface area contributed by atoms with Gasteiger partial charge in [0.25, 0.3) is 0 Å². The first-order valence-corrected chi connectivity index (χ1v) is 12.9. The quantitative estimate of drug-likeness (QED) is 0.532. The summed E-state index contributed by atoms with van der Waals surface area (Å²) in [6.07, 6.45) is 14.3. The molecule has 0 aromatic rings. The number of ether oxygens (including phenoxy) is 1. The number of hydrogen-bond acceptors (Lipinski definition) is 2. The minimum Gasteiger partial charge on any atom is -0.393 e. The smallest absolute Gasteiger partial charge is 0.0873 e. The van der Waals surface area contributed by atoms with Gasteiger partial charge in [0.15, 0.2) is 0 Å². The number of epoxide rings is 1. The van der Waals surface area contributed by atoms with E-state index < -0.39 is 0 Å². The third-order valence-electron chi connectivity index (χ3n) is 10.9. The van der Waals surface area contributed by atoms with Gasteiger partial charge in [0.2, 0.25) is 0 Å². The average Bonchev–Trinajstić information content (AvgIpc) is 3.42. The molecule has 0 bridgehead atoms. The first kappa shape index (κ1) is 21.3. The predicted molar refractivity (Wildman–Crippen MR) is 123 cm³/mol. The minimum atomic E-state index is -0.121. The van der Waals surface area contributed by atoms with Crippen LogP contribution >= 0.6 is 0 Å². The lowest BCUT2D eigenvalue weighted by Crippen LogP contribution is -2.47. The van der Waals surface area contributed by atoms with Crippen LogP contribution in [-0.4, -0.2) is 23.4 Å². The molecular weight excluding hydrogens is 368 g/mol. The van der Waals surface area contributed by atoms with Gasteiger partial charge >= 0.3 is 0 Å². The second-order valence-electron chi connectivity index (χ2n) is 12.5. The number of rotatable bonds is 4. The van der Waals surface area contributed by atoms with Crippen LogP contribution in [0, 0.1) is 46.3 Å². The summed E-state index contributed by atoms with van der Waals surface area (Å²) < 4.78 is 6.29. The zero-order chi connectivity index (χ0) is 21.4. The Labute approximate surface area is 184 Å². The van der Waals surface area contributed by atoms with Gasteiger partial charge in [-0.2, -0.15) is 0 Å². The Kier molecular flexibility index (Phi) is 5.10. The molecule has 0 amide bonds. The summed E-state index contributed by atoms with van der Waals surface area (Å²) in [5.74, 6) is 4.32. The molecule has 10 atom stereocenters. The van der Waals surface area contributed by atoms with Crippen molar-refractivity contribution in [3.05, 3.63) is 23.3 Å². The molecule has 1 aliphatic heterocycles. The lowest BCUT2D eigenvalue weighted by molar-refractivity contribution is 0.0299. The van der Waals surface area contributed by atoms with Crippen molar-refractivity contribution in [3.8, 4) is 0 Å². The van der Waals surface area contributed by atoms with Crippen molar-refractivity contribution in [2.24, 2.45) is 46.3 Å². The van der Waals surface area contributed by atoms with E-state index in [2.05, 4.69) is 53.7 Å². The first-order chi connectivity index (χ1) is 14.2. The molecule has 2 heteroatoms. The standard InChI is InChI=1S/C28H44O2/c1-16(2)17(3)25-26(30-25)18(4)22-9-10-23-21-8-7-19-15-20(29)11-13-27(19,5)24(21)12-14-28(22,23)6/h7-8,16-18,20,22-26,29H,9-15H2,1-6H3/t17?,18?,20-,22+,23-,24-,25-,26-,27-,28+/m0/s1. The molecule has 3 saturated carbocycles. The normalized spacial score (nSPS) is 49.5. The highest BCUT2D eigenvalue weighted by atomic mass is 16.6. The van der Waals surface area contributed by atoms with Crippen LogP contribution in [0.3, 0.4) is 0 Å². The number of aliphatic hydroxyl groups excluding tert-OH is 1. The highest BCUT2D eigenvalue weighted by Gasteiger charge is 2.60. The number of hydrogen-bond donors (Lipinski definition) is 1. The van der Waals surface area contributed by atoms with Crippen LogP contribution in [0.25, 0.3) is 0 Å². The van der Waals surface area contributed by atoms with Gasteiger partial charge in [-0.15, -0.1) is 0 Å². The monoisotopic (exact) mass is 412 g/mol. The molecule has 1 N–H and O–H groups in total. The summed E-state index contributed by atoms with van der Waals surface area (Å²) in [4.78, 5) is 0. The summed E-state index contributed by atoms with van der Waals surface area (Å²) in [7, 11) is 0. The zero-order valence-corrected chi connectivity index (χ0v) is 20.2. The lowest BCUT2D eigenvalue weighted by atomic mass is 9.50. The second-order valence-corrected chi connectivity index (χ2v) is 12.5. The molecule has 2 unspecified atom stereocenters. The highest BCUT2D eigenvalue weighted by molar-refractivity contribution is 5.39. The van der Waals surface area contributed by atoms with Crippen LogP contribution in [0.2, 0.25) is 0 Å². The summed E-state index contributed by atoms with van der Waals surface area (Å²) >= 11 is 0. The Balaban J connectivity index is 1.37. The largest absolute Gasteiger partial charge is 0.393 e. The van der Waals surface area contributed by atoms with Gasteiger partial charge in [-0.05, 0) is 91.3 Å². The van der Waals surface area contributed by atoms with Crippen molar-refractivity contribution in [2.45, 2.75) is 105 Å². The van der Waals surface area contributed by atoms with E-state index in [1.807, 2.05) is 0 Å². The van der Waals surface area contributed by atoms with Crippen LogP contribution in [0.5, 0.6) is 0 Å². The third kappa shape index (κ3) is 3.03. The maximum Gasteiger partial charge on any atom is 0.0873 e. The molecule has 4 fully saturated rings. The fraction of sp³-hybridized carbons (Fsp3) is 0.857. The summed E-state index contributed by atoms with van der Waals surface area (Å²) in [5.41, 5.74) is 4.03. The summed E-state index contributed by atoms with van der Waals surface area (Å²) in [6.45, 7) is 14.7. The van der Waals surface area contributed by atoms with E-state index >= 15 is 0 Å². The summed E-state index contributed by atoms with van der Waals surface area (Å²) in [5, 5.41) is 10.2. The van der Waals surface area contributed by atoms with Gasteiger partial charge in [0.1, 0.15) is 0 Å². The highest BCUT2D eigenvalue weighted by Crippen LogP contribution is 2.66. The van der Waals surface area contributed by atoms with Crippen molar-refractivity contribution in [3.63, 3.8) is 0 Å². The van der Waals surface area contributed by atoms with E-state index in [1.54, 1.807) is 5.57 Å². The van der Waals surface area contributed by atoms with E-state index in [9.17, 15) is 5.11 Å². The Hall–Kier alpha value is -0.600. The van der Waals surface area contributed by atoms with Crippen molar-refractivity contribution in [1.82, 2.24) is 0 Å². The van der Waals surface area contributed by atoms with Crippen molar-refractivity contribution >= 4 is 0 Å². The fourth-order valence-electron chi connectivity index (χ4n) is 8.48. The van der Waals surface area contributed by atoms with Crippen LogP contribution < -0.4 is 0 Å². The van der Waals surface area contributed by atoms with Gasteiger partial charge in [-0.1, -0.05) is 64.8 Å². The maximum atomic E-state index is 10.2. The van der Waals surface area contributed by atoms with Crippen LogP contribution in [-0.2, 0) is 4.74 Å². The van der Waals surface area contributed by atoms with Gasteiger partial charge in [0.05, 0.1) is 18.3 Å². The Bertz CT molecular complexity index is 750. The van der Waals surface area contributed by atoms with E-state index in [-0.39, 0.29) is 6.10 Å². The Morgan fingerprint density at radius 2 is 1.70 bits per heavy atom. The van der Waals surface area contributed by atoms with E-state index in [0.29, 0.717) is 46.7 Å². The molecule has 0 spiro atoms. The molecule has 30 heavy (non-hydrogen) atoms.